The van der Waals surface area contributed by atoms with Gasteiger partial charge in [0, 0.05) is 10.7 Å². The third-order valence-electron chi connectivity index (χ3n) is 5.33. The standard InChI is InChI=1S/C24H22BrF2N5O4S/c1-3-10-37(34,35)31-19-9-8-18(26)20(21(19)27)24(33)29-22-17-11-15(25)12-28-23(17)32(30-22)13-14-4-6-16(36-2)7-5-14/h4-9,11-12,31H,3,10,13H2,1-2H3,(H,29,30,33). The van der Waals surface area contributed by atoms with Crippen molar-refractivity contribution in [2.24, 2.45) is 0 Å². The minimum Gasteiger partial charge on any atom is -0.497 e. The number of amides is 1. The van der Waals surface area contributed by atoms with Crippen molar-refractivity contribution in [2.45, 2.75) is 19.9 Å². The Morgan fingerprint density at radius 1 is 1.16 bits per heavy atom. The molecule has 0 aliphatic carbocycles. The van der Waals surface area contributed by atoms with Gasteiger partial charge in [-0.1, -0.05) is 19.1 Å². The largest absolute Gasteiger partial charge is 0.497 e. The number of anilines is 2. The quantitative estimate of drug-likeness (QED) is 0.284. The predicted molar refractivity (Wildman–Crippen MR) is 139 cm³/mol. The number of ether oxygens (including phenoxy) is 1. The number of carbonyl (C=O) groups excluding carboxylic acids is 1. The molecule has 194 valence electrons. The molecule has 1 amide bonds. The summed E-state index contributed by atoms with van der Waals surface area (Å²) in [5.41, 5.74) is -0.176. The van der Waals surface area contributed by atoms with Crippen LogP contribution >= 0.6 is 15.9 Å². The minimum atomic E-state index is -3.87. The van der Waals surface area contributed by atoms with Crippen molar-refractivity contribution in [1.29, 1.82) is 0 Å². The lowest BCUT2D eigenvalue weighted by Crippen LogP contribution is -2.21. The first-order chi connectivity index (χ1) is 17.6. The predicted octanol–water partition coefficient (Wildman–Crippen LogP) is 4.93. The van der Waals surface area contributed by atoms with E-state index >= 15 is 4.39 Å². The molecule has 2 aromatic carbocycles. The maximum absolute atomic E-state index is 15.1. The van der Waals surface area contributed by atoms with E-state index in [0.717, 1.165) is 17.7 Å². The fourth-order valence-corrected chi connectivity index (χ4v) is 5.10. The van der Waals surface area contributed by atoms with Crippen LogP contribution in [0, 0.1) is 11.6 Å². The first kappa shape index (κ1) is 26.5. The Bertz CT molecular complexity index is 1580. The molecule has 0 spiro atoms. The van der Waals surface area contributed by atoms with Crippen molar-refractivity contribution in [2.75, 3.05) is 22.9 Å². The molecule has 13 heteroatoms. The lowest BCUT2D eigenvalue weighted by molar-refractivity contribution is 0.101. The number of methoxy groups -OCH3 is 1. The smallest absolute Gasteiger partial charge is 0.262 e. The topological polar surface area (TPSA) is 115 Å². The van der Waals surface area contributed by atoms with Gasteiger partial charge in [-0.15, -0.1) is 0 Å². The third kappa shape index (κ3) is 5.88. The average Bonchev–Trinajstić information content (AvgIpc) is 3.17. The number of fused-ring (bicyclic) bond motifs is 1. The maximum Gasteiger partial charge on any atom is 0.262 e. The number of rotatable bonds is 9. The highest BCUT2D eigenvalue weighted by atomic mass is 79.9. The number of carbonyl (C=O) groups is 1. The number of nitrogens with zero attached hydrogens (tertiary/aromatic N) is 3. The number of hydrogen-bond acceptors (Lipinski definition) is 6. The minimum absolute atomic E-state index is 0.0260. The number of hydrogen-bond donors (Lipinski definition) is 2. The molecule has 4 aromatic rings. The Balaban J connectivity index is 1.68. The average molecular weight is 594 g/mol. The molecule has 0 unspecified atom stereocenters. The van der Waals surface area contributed by atoms with Crippen LogP contribution in [0.15, 0.2) is 53.1 Å². The Hall–Kier alpha value is -3.58. The summed E-state index contributed by atoms with van der Waals surface area (Å²) in [6.07, 6.45) is 1.85. The van der Waals surface area contributed by atoms with Gasteiger partial charge in [-0.25, -0.2) is 26.9 Å². The Morgan fingerprint density at radius 2 is 1.89 bits per heavy atom. The van der Waals surface area contributed by atoms with Crippen LogP contribution in [0.3, 0.4) is 0 Å². The summed E-state index contributed by atoms with van der Waals surface area (Å²) < 4.78 is 63.2. The SMILES string of the molecule is CCCS(=O)(=O)Nc1ccc(F)c(C(=O)Nc2nn(Cc3ccc(OC)cc3)c3ncc(Br)cc23)c1F. The summed E-state index contributed by atoms with van der Waals surface area (Å²) in [5.74, 6) is -3.17. The summed E-state index contributed by atoms with van der Waals surface area (Å²) in [6.45, 7) is 1.94. The zero-order valence-electron chi connectivity index (χ0n) is 19.8. The third-order valence-corrected chi connectivity index (χ3v) is 7.24. The van der Waals surface area contributed by atoms with E-state index in [1.165, 1.54) is 0 Å². The van der Waals surface area contributed by atoms with Crippen molar-refractivity contribution >= 4 is 54.4 Å². The molecule has 0 saturated heterocycles. The van der Waals surface area contributed by atoms with Gasteiger partial charge in [0.1, 0.15) is 17.1 Å². The molecule has 0 saturated carbocycles. The summed E-state index contributed by atoms with van der Waals surface area (Å²) in [4.78, 5) is 17.4. The van der Waals surface area contributed by atoms with Crippen LogP contribution in [0.2, 0.25) is 0 Å². The zero-order valence-corrected chi connectivity index (χ0v) is 22.2. The Morgan fingerprint density at radius 3 is 2.57 bits per heavy atom. The molecule has 0 aliphatic rings. The van der Waals surface area contributed by atoms with Crippen molar-refractivity contribution in [3.63, 3.8) is 0 Å². The molecule has 0 fully saturated rings. The van der Waals surface area contributed by atoms with Crippen LogP contribution in [-0.2, 0) is 16.6 Å². The highest BCUT2D eigenvalue weighted by Gasteiger charge is 2.25. The van der Waals surface area contributed by atoms with Gasteiger partial charge < -0.3 is 10.1 Å². The van der Waals surface area contributed by atoms with Gasteiger partial charge in [0.25, 0.3) is 5.91 Å². The molecule has 0 aliphatic heterocycles. The monoisotopic (exact) mass is 593 g/mol. The molecule has 4 rings (SSSR count). The summed E-state index contributed by atoms with van der Waals surface area (Å²) >= 11 is 3.33. The van der Waals surface area contributed by atoms with Gasteiger partial charge in [0.05, 0.1) is 30.5 Å². The number of pyridine rings is 1. The highest BCUT2D eigenvalue weighted by Crippen LogP contribution is 2.28. The van der Waals surface area contributed by atoms with Crippen LogP contribution < -0.4 is 14.8 Å². The van der Waals surface area contributed by atoms with Crippen molar-refractivity contribution in [1.82, 2.24) is 14.8 Å². The van der Waals surface area contributed by atoms with E-state index in [1.54, 1.807) is 43.1 Å². The first-order valence-corrected chi connectivity index (χ1v) is 13.5. The van der Waals surface area contributed by atoms with E-state index in [9.17, 15) is 17.6 Å². The van der Waals surface area contributed by atoms with E-state index in [1.807, 2.05) is 12.1 Å². The van der Waals surface area contributed by atoms with Crippen LogP contribution in [-0.4, -0.2) is 42.0 Å². The van der Waals surface area contributed by atoms with E-state index in [2.05, 4.69) is 36.1 Å². The molecule has 37 heavy (non-hydrogen) atoms. The molecule has 0 radical (unpaired) electrons. The molecular weight excluding hydrogens is 572 g/mol. The van der Waals surface area contributed by atoms with Crippen LogP contribution in [0.5, 0.6) is 5.75 Å². The van der Waals surface area contributed by atoms with Gasteiger partial charge in [0.2, 0.25) is 10.0 Å². The summed E-state index contributed by atoms with van der Waals surface area (Å²) in [7, 11) is -2.30. The number of nitrogens with one attached hydrogen (secondary N) is 2. The van der Waals surface area contributed by atoms with Gasteiger partial charge in [-0.2, -0.15) is 5.10 Å². The van der Waals surface area contributed by atoms with Crippen molar-refractivity contribution < 1.29 is 26.7 Å². The van der Waals surface area contributed by atoms with Gasteiger partial charge in [-0.05, 0) is 58.2 Å². The van der Waals surface area contributed by atoms with Crippen LogP contribution in [0.1, 0.15) is 29.3 Å². The number of sulfonamides is 1. The fraction of sp³-hybridized carbons (Fsp3) is 0.208. The fourth-order valence-electron chi connectivity index (χ4n) is 3.64. The second kappa shape index (κ2) is 10.8. The highest BCUT2D eigenvalue weighted by molar-refractivity contribution is 9.10. The Kier molecular flexibility index (Phi) is 7.73. The molecule has 0 atom stereocenters. The van der Waals surface area contributed by atoms with Crippen molar-refractivity contribution in [3.8, 4) is 5.75 Å². The van der Waals surface area contributed by atoms with E-state index < -0.39 is 38.8 Å². The Labute approximate surface area is 220 Å². The lowest BCUT2D eigenvalue weighted by Gasteiger charge is -2.11. The normalized spacial score (nSPS) is 11.5. The van der Waals surface area contributed by atoms with E-state index in [0.29, 0.717) is 34.2 Å². The molecule has 9 nitrogen and oxygen atoms in total. The zero-order chi connectivity index (χ0) is 26.7. The number of halogens is 3. The van der Waals surface area contributed by atoms with Gasteiger partial charge in [-0.3, -0.25) is 9.52 Å². The number of aromatic nitrogens is 3. The summed E-state index contributed by atoms with van der Waals surface area (Å²) in [6, 6.07) is 10.7. The summed E-state index contributed by atoms with van der Waals surface area (Å²) in [5, 5.41) is 7.28. The van der Waals surface area contributed by atoms with Gasteiger partial charge >= 0.3 is 0 Å². The van der Waals surface area contributed by atoms with E-state index in [4.69, 9.17) is 4.74 Å². The molecule has 2 N–H and O–H groups in total. The molecular formula is C24H22BrF2N5O4S. The lowest BCUT2D eigenvalue weighted by atomic mass is 10.1. The first-order valence-electron chi connectivity index (χ1n) is 11.1. The van der Waals surface area contributed by atoms with Gasteiger partial charge in [0.15, 0.2) is 17.3 Å². The van der Waals surface area contributed by atoms with E-state index in [-0.39, 0.29) is 11.6 Å². The van der Waals surface area contributed by atoms with Crippen LogP contribution in [0.25, 0.3) is 11.0 Å². The molecule has 0 bridgehead atoms. The second-order valence-corrected chi connectivity index (χ2v) is 10.8. The second-order valence-electron chi connectivity index (χ2n) is 8.04. The van der Waals surface area contributed by atoms with Crippen molar-refractivity contribution in [3.05, 3.63) is 75.9 Å². The molecule has 2 heterocycles. The number of benzene rings is 2. The maximum atomic E-state index is 15.1. The van der Waals surface area contributed by atoms with Crippen LogP contribution in [0.4, 0.5) is 20.3 Å². The molecule has 2 aromatic heterocycles.